The van der Waals surface area contributed by atoms with Crippen molar-refractivity contribution in [2.24, 2.45) is 10.2 Å². The first-order valence-corrected chi connectivity index (χ1v) is 11.1. The number of carboxylic acid groups (broad SMARTS) is 1. The number of aryl methyl sites for hydroxylation is 4. The molecule has 0 radical (unpaired) electrons. The number of rotatable bonds is 9. The molecule has 8 heteroatoms. The lowest BCUT2D eigenvalue weighted by molar-refractivity contribution is -0.137. The molecule has 3 aromatic carbocycles. The normalized spacial score (nSPS) is 11.4. The molecule has 0 saturated carbocycles. The van der Waals surface area contributed by atoms with Crippen molar-refractivity contribution < 1.29 is 15.0 Å². The van der Waals surface area contributed by atoms with E-state index in [1.54, 1.807) is 19.1 Å². The Balaban J connectivity index is 1.51. The Hall–Kier alpha value is -4.20. The van der Waals surface area contributed by atoms with Gasteiger partial charge in [-0.3, -0.25) is 19.4 Å². The summed E-state index contributed by atoms with van der Waals surface area (Å²) in [6.07, 6.45) is 1.68. The SMILES string of the molecule is Cc1[nH]n(CCCC(=O)O)c(=O)c1N=Nc1cccc(CCc2cccc3ccccc23)c1O. The first-order valence-electron chi connectivity index (χ1n) is 11.1. The number of H-pyrrole nitrogens is 1. The highest BCUT2D eigenvalue weighted by molar-refractivity contribution is 5.85. The summed E-state index contributed by atoms with van der Waals surface area (Å²) in [5, 5.41) is 33.0. The number of nitrogens with one attached hydrogen (secondary N) is 1. The molecule has 8 nitrogen and oxygen atoms in total. The van der Waals surface area contributed by atoms with Crippen LogP contribution in [0.25, 0.3) is 10.8 Å². The fourth-order valence-electron chi connectivity index (χ4n) is 4.00. The van der Waals surface area contributed by atoms with Crippen LogP contribution in [0.15, 0.2) is 75.7 Å². The second kappa shape index (κ2) is 10.2. The summed E-state index contributed by atoms with van der Waals surface area (Å²) in [5.41, 5.74) is 2.52. The van der Waals surface area contributed by atoms with Gasteiger partial charge in [-0.05, 0) is 54.2 Å². The number of benzene rings is 3. The Bertz CT molecular complexity index is 1410. The van der Waals surface area contributed by atoms with E-state index in [2.05, 4.69) is 39.6 Å². The largest absolute Gasteiger partial charge is 0.505 e. The van der Waals surface area contributed by atoms with Gasteiger partial charge in [-0.25, -0.2) is 0 Å². The van der Waals surface area contributed by atoms with Gasteiger partial charge in [0.05, 0.1) is 5.69 Å². The molecule has 0 aliphatic heterocycles. The van der Waals surface area contributed by atoms with Gasteiger partial charge in [-0.2, -0.15) is 0 Å². The topological polar surface area (TPSA) is 120 Å². The third kappa shape index (κ3) is 5.06. The van der Waals surface area contributed by atoms with Gasteiger partial charge in [0.1, 0.15) is 11.4 Å². The number of hydrogen-bond acceptors (Lipinski definition) is 5. The number of carbonyl (C=O) groups is 1. The van der Waals surface area contributed by atoms with Crippen molar-refractivity contribution in [3.8, 4) is 5.75 Å². The zero-order valence-electron chi connectivity index (χ0n) is 18.9. The molecule has 0 saturated heterocycles. The lowest BCUT2D eigenvalue weighted by Gasteiger charge is -2.09. The molecular weight excluding hydrogens is 432 g/mol. The van der Waals surface area contributed by atoms with Crippen LogP contribution in [0.4, 0.5) is 11.4 Å². The van der Waals surface area contributed by atoms with Gasteiger partial charge in [0, 0.05) is 13.0 Å². The minimum atomic E-state index is -0.910. The fourth-order valence-corrected chi connectivity index (χ4v) is 4.00. The summed E-state index contributed by atoms with van der Waals surface area (Å²) in [7, 11) is 0. The number of hydrogen-bond donors (Lipinski definition) is 3. The molecule has 0 unspecified atom stereocenters. The Morgan fingerprint density at radius 2 is 1.68 bits per heavy atom. The maximum atomic E-state index is 12.6. The summed E-state index contributed by atoms with van der Waals surface area (Å²) >= 11 is 0. The average Bonchev–Trinajstić information content (AvgIpc) is 3.09. The molecule has 4 aromatic rings. The minimum absolute atomic E-state index is 0.0270. The van der Waals surface area contributed by atoms with Gasteiger partial charge in [0.25, 0.3) is 5.56 Å². The standard InChI is InChI=1S/C26H26N4O4/c1-17-24(26(34)30(29-17)16-6-13-23(31)32)28-27-22-12-5-10-20(25(22)33)15-14-19-9-4-8-18-7-2-3-11-21(18)19/h2-5,7-12,29,33H,6,13-16H2,1H3,(H,31,32). The number of aromatic nitrogens is 2. The van der Waals surface area contributed by atoms with Crippen LogP contribution in [-0.2, 0) is 24.2 Å². The molecule has 3 N–H and O–H groups in total. The molecule has 174 valence electrons. The van der Waals surface area contributed by atoms with E-state index in [1.165, 1.54) is 21.0 Å². The quantitative estimate of drug-likeness (QED) is 0.290. The second-order valence-corrected chi connectivity index (χ2v) is 8.16. The van der Waals surface area contributed by atoms with Crippen molar-refractivity contribution in [1.82, 2.24) is 9.78 Å². The number of para-hydroxylation sites is 1. The number of nitrogens with zero attached hydrogens (tertiary/aromatic N) is 3. The van der Waals surface area contributed by atoms with Crippen LogP contribution in [0.3, 0.4) is 0 Å². The highest BCUT2D eigenvalue weighted by atomic mass is 16.4. The number of carboxylic acids is 1. The summed E-state index contributed by atoms with van der Waals surface area (Å²) in [4.78, 5) is 23.3. The monoisotopic (exact) mass is 458 g/mol. The van der Waals surface area contributed by atoms with E-state index in [1.807, 2.05) is 24.3 Å². The molecule has 1 aromatic heterocycles. The van der Waals surface area contributed by atoms with Crippen LogP contribution in [0.2, 0.25) is 0 Å². The third-order valence-corrected chi connectivity index (χ3v) is 5.78. The lowest BCUT2D eigenvalue weighted by atomic mass is 9.98. The molecule has 0 aliphatic rings. The van der Waals surface area contributed by atoms with Crippen LogP contribution in [0, 0.1) is 6.92 Å². The molecule has 4 rings (SSSR count). The second-order valence-electron chi connectivity index (χ2n) is 8.16. The Kier molecular flexibility index (Phi) is 6.87. The fraction of sp³-hybridized carbons (Fsp3) is 0.231. The van der Waals surface area contributed by atoms with E-state index in [9.17, 15) is 14.7 Å². The van der Waals surface area contributed by atoms with Crippen LogP contribution >= 0.6 is 0 Å². The van der Waals surface area contributed by atoms with E-state index in [4.69, 9.17) is 5.11 Å². The van der Waals surface area contributed by atoms with E-state index in [0.29, 0.717) is 18.5 Å². The Morgan fingerprint density at radius 3 is 2.50 bits per heavy atom. The third-order valence-electron chi connectivity index (χ3n) is 5.78. The highest BCUT2D eigenvalue weighted by Gasteiger charge is 2.13. The summed E-state index contributed by atoms with van der Waals surface area (Å²) < 4.78 is 1.33. The number of fused-ring (bicyclic) bond motifs is 1. The summed E-state index contributed by atoms with van der Waals surface area (Å²) in [5.74, 6) is -0.867. The van der Waals surface area contributed by atoms with Gasteiger partial charge in [-0.15, -0.1) is 10.2 Å². The van der Waals surface area contributed by atoms with Crippen LogP contribution in [-0.4, -0.2) is 26.0 Å². The van der Waals surface area contributed by atoms with Crippen molar-refractivity contribution in [2.75, 3.05) is 0 Å². The first kappa shape index (κ1) is 23.0. The van der Waals surface area contributed by atoms with Gasteiger partial charge < -0.3 is 10.2 Å². The molecule has 0 bridgehead atoms. The van der Waals surface area contributed by atoms with E-state index in [0.717, 1.165) is 12.0 Å². The number of azo groups is 1. The number of aliphatic carboxylic acids is 1. The zero-order chi connectivity index (χ0) is 24.1. The molecule has 34 heavy (non-hydrogen) atoms. The lowest BCUT2D eigenvalue weighted by Crippen LogP contribution is -2.17. The number of aromatic amines is 1. The zero-order valence-corrected chi connectivity index (χ0v) is 18.9. The van der Waals surface area contributed by atoms with Gasteiger partial charge in [0.2, 0.25) is 0 Å². The van der Waals surface area contributed by atoms with Gasteiger partial charge in [-0.1, -0.05) is 54.6 Å². The number of aromatic hydroxyl groups is 1. The van der Waals surface area contributed by atoms with Crippen molar-refractivity contribution in [2.45, 2.75) is 39.2 Å². The number of phenols is 1. The molecule has 1 heterocycles. The minimum Gasteiger partial charge on any atom is -0.505 e. The molecule has 0 aliphatic carbocycles. The Labute approximate surface area is 196 Å². The van der Waals surface area contributed by atoms with E-state index >= 15 is 0 Å². The predicted octanol–water partition coefficient (Wildman–Crippen LogP) is 5.41. The van der Waals surface area contributed by atoms with Crippen LogP contribution < -0.4 is 5.56 Å². The molecular formula is C26H26N4O4. The smallest absolute Gasteiger partial charge is 0.303 e. The molecule has 0 amide bonds. The van der Waals surface area contributed by atoms with Crippen molar-refractivity contribution in [3.05, 3.63) is 87.8 Å². The molecule has 0 spiro atoms. The first-order chi connectivity index (χ1) is 16.4. The summed E-state index contributed by atoms with van der Waals surface area (Å²) in [6, 6.07) is 19.8. The van der Waals surface area contributed by atoms with Crippen molar-refractivity contribution in [3.63, 3.8) is 0 Å². The van der Waals surface area contributed by atoms with E-state index in [-0.39, 0.29) is 35.6 Å². The van der Waals surface area contributed by atoms with Gasteiger partial charge >= 0.3 is 5.97 Å². The van der Waals surface area contributed by atoms with Crippen LogP contribution in [0.5, 0.6) is 5.75 Å². The Morgan fingerprint density at radius 1 is 0.971 bits per heavy atom. The highest BCUT2D eigenvalue weighted by Crippen LogP contribution is 2.32. The predicted molar refractivity (Wildman–Crippen MR) is 130 cm³/mol. The van der Waals surface area contributed by atoms with Crippen molar-refractivity contribution in [1.29, 1.82) is 0 Å². The maximum Gasteiger partial charge on any atom is 0.303 e. The molecule has 0 atom stereocenters. The molecule has 0 fully saturated rings. The maximum absolute atomic E-state index is 12.6. The number of phenolic OH excluding ortho intramolecular Hbond substituents is 1. The van der Waals surface area contributed by atoms with Crippen molar-refractivity contribution >= 4 is 28.1 Å². The average molecular weight is 459 g/mol. The summed E-state index contributed by atoms with van der Waals surface area (Å²) in [6.45, 7) is 1.94. The van der Waals surface area contributed by atoms with E-state index < -0.39 is 5.97 Å². The van der Waals surface area contributed by atoms with Gasteiger partial charge in [0.15, 0.2) is 5.69 Å². The van der Waals surface area contributed by atoms with Crippen LogP contribution in [0.1, 0.15) is 29.7 Å².